The van der Waals surface area contributed by atoms with Gasteiger partial charge in [-0.05, 0) is 81.8 Å². The fourth-order valence-corrected chi connectivity index (χ4v) is 7.11. The molecule has 0 spiro atoms. The van der Waals surface area contributed by atoms with Gasteiger partial charge in [0.25, 0.3) is 0 Å². The van der Waals surface area contributed by atoms with Crippen LogP contribution in [0.5, 0.6) is 0 Å². The first kappa shape index (κ1) is 39.1. The van der Waals surface area contributed by atoms with Crippen molar-refractivity contribution in [3.05, 3.63) is 83.1 Å². The second-order valence-electron chi connectivity index (χ2n) is 12.1. The number of carboxylic acids is 1. The zero-order valence-corrected chi connectivity index (χ0v) is 32.4. The molecule has 0 saturated heterocycles. The van der Waals surface area contributed by atoms with Crippen LogP contribution in [0.3, 0.4) is 0 Å². The van der Waals surface area contributed by atoms with Crippen molar-refractivity contribution in [2.24, 2.45) is 0 Å². The van der Waals surface area contributed by atoms with Crippen LogP contribution < -0.4 is 56.3 Å². The van der Waals surface area contributed by atoms with Gasteiger partial charge in [0, 0.05) is 53.0 Å². The van der Waals surface area contributed by atoms with Gasteiger partial charge < -0.3 is 19.1 Å². The van der Waals surface area contributed by atoms with Crippen molar-refractivity contribution in [3.63, 3.8) is 0 Å². The predicted molar refractivity (Wildman–Crippen MR) is 173 cm³/mol. The molecule has 0 radical (unpaired) electrons. The van der Waals surface area contributed by atoms with E-state index in [-0.39, 0.29) is 74.0 Å². The van der Waals surface area contributed by atoms with Gasteiger partial charge in [0.1, 0.15) is 26.8 Å². The molecule has 0 aliphatic carbocycles. The van der Waals surface area contributed by atoms with E-state index in [1.807, 2.05) is 75.3 Å². The van der Waals surface area contributed by atoms with E-state index in [1.165, 1.54) is 24.3 Å². The normalized spacial score (nSPS) is 17.7. The molecule has 0 bridgehead atoms. The van der Waals surface area contributed by atoms with Gasteiger partial charge >= 0.3 is 57.4 Å². The van der Waals surface area contributed by atoms with Gasteiger partial charge in [0.2, 0.25) is 5.69 Å². The molecule has 47 heavy (non-hydrogen) atoms. The van der Waals surface area contributed by atoms with Gasteiger partial charge in [-0.1, -0.05) is 25.7 Å². The Balaban J connectivity index is 0.00000600. The molecule has 2 aliphatic heterocycles. The summed E-state index contributed by atoms with van der Waals surface area (Å²) >= 11 is 0. The summed E-state index contributed by atoms with van der Waals surface area (Å²) in [4.78, 5) is 12.5. The zero-order valence-electron chi connectivity index (χ0n) is 27.6. The van der Waals surface area contributed by atoms with Crippen molar-refractivity contribution in [2.75, 3.05) is 18.0 Å². The van der Waals surface area contributed by atoms with Crippen molar-refractivity contribution < 1.29 is 91.8 Å². The number of likely N-dealkylation sites (N-methyl/N-ethyl adjacent to an activating group) is 1. The molecule has 2 aromatic carbocycles. The van der Waals surface area contributed by atoms with Gasteiger partial charge in [-0.3, -0.25) is 4.79 Å². The van der Waals surface area contributed by atoms with Crippen LogP contribution in [0.4, 0.5) is 11.4 Å². The standard InChI is InChI=1S/C34H38N2O8S2.K/c1-7-35-28-17-15-24(45(39,40)41)21-26(28)33(3,4)30(35)19-13-23(11-9-10-12-32(37)38)14-20-31-34(5,6)27-22-25(46(42,43)44)16-18-29(27)36(31)8-2;/h13-22H,7-8,10,12H2,1-6H3,(H2-,37,38,39,40,41,42,43,44);/q;+1/p-1. The van der Waals surface area contributed by atoms with E-state index < -0.39 is 37.0 Å². The summed E-state index contributed by atoms with van der Waals surface area (Å²) in [5.74, 6) is 5.03. The molecule has 10 nitrogen and oxygen atoms in total. The number of carbonyl (C=O) groups is 1. The van der Waals surface area contributed by atoms with Crippen molar-refractivity contribution in [1.29, 1.82) is 0 Å². The monoisotopic (exact) mass is 704 g/mol. The minimum Gasteiger partial charge on any atom is -0.744 e. The van der Waals surface area contributed by atoms with Crippen LogP contribution in [0.25, 0.3) is 0 Å². The quantitative estimate of drug-likeness (QED) is 0.135. The molecule has 0 aromatic heterocycles. The number of benzene rings is 2. The molecule has 244 valence electrons. The second kappa shape index (κ2) is 14.6. The molecule has 0 atom stereocenters. The average molecular weight is 705 g/mol. The molecule has 1 N–H and O–H groups in total. The predicted octanol–water partition coefficient (Wildman–Crippen LogP) is 1.95. The molecule has 2 heterocycles. The summed E-state index contributed by atoms with van der Waals surface area (Å²) in [7, 11) is -9.29. The Morgan fingerprint density at radius 2 is 1.55 bits per heavy atom. The van der Waals surface area contributed by atoms with Crippen LogP contribution in [0.1, 0.15) is 65.5 Å². The third-order valence-electron chi connectivity index (χ3n) is 8.47. The Morgan fingerprint density at radius 3 is 2.11 bits per heavy atom. The Morgan fingerprint density at radius 1 is 0.957 bits per heavy atom. The Hall–Kier alpha value is -2.38. The van der Waals surface area contributed by atoms with Crippen molar-refractivity contribution >= 4 is 43.3 Å². The number of hydrogen-bond donors (Lipinski definition) is 1. The van der Waals surface area contributed by atoms with Gasteiger partial charge in [0.15, 0.2) is 5.71 Å². The Bertz CT molecular complexity index is 2010. The maximum Gasteiger partial charge on any atom is 1.00 e. The molecule has 2 aliphatic rings. The van der Waals surface area contributed by atoms with E-state index in [1.54, 1.807) is 12.1 Å². The zero-order chi connectivity index (χ0) is 34.2. The van der Waals surface area contributed by atoms with Crippen LogP contribution in [0, 0.1) is 11.8 Å². The number of aliphatic carboxylic acids is 1. The maximum atomic E-state index is 11.8. The van der Waals surface area contributed by atoms with E-state index in [0.717, 1.165) is 22.8 Å². The fraction of sp³-hybridized carbons (Fsp3) is 0.353. The van der Waals surface area contributed by atoms with Gasteiger partial charge in [-0.2, -0.15) is 4.58 Å². The smallest absolute Gasteiger partial charge is 0.744 e. The summed E-state index contributed by atoms with van der Waals surface area (Å²) in [6.07, 6.45) is 7.44. The molecule has 0 saturated carbocycles. The van der Waals surface area contributed by atoms with E-state index in [4.69, 9.17) is 5.11 Å². The molecule has 0 amide bonds. The van der Waals surface area contributed by atoms with Crippen LogP contribution in [-0.4, -0.2) is 60.4 Å². The number of fused-ring (bicyclic) bond motifs is 2. The number of carboxylic acid groups (broad SMARTS) is 1. The summed E-state index contributed by atoms with van der Waals surface area (Å²) in [5.41, 5.74) is 3.96. The van der Waals surface area contributed by atoms with Crippen molar-refractivity contribution in [2.45, 2.75) is 75.0 Å². The molecule has 13 heteroatoms. The van der Waals surface area contributed by atoms with Crippen LogP contribution in [0.15, 0.2) is 81.8 Å². The van der Waals surface area contributed by atoms with Crippen molar-refractivity contribution in [1.82, 2.24) is 0 Å². The van der Waals surface area contributed by atoms with Crippen molar-refractivity contribution in [3.8, 4) is 11.8 Å². The van der Waals surface area contributed by atoms with E-state index in [2.05, 4.69) is 11.8 Å². The van der Waals surface area contributed by atoms with Crippen LogP contribution in [-0.2, 0) is 35.9 Å². The topological polar surface area (TPSA) is 158 Å². The first-order valence-corrected chi connectivity index (χ1v) is 17.6. The van der Waals surface area contributed by atoms with E-state index in [0.29, 0.717) is 29.8 Å². The third-order valence-corrected chi connectivity index (χ3v) is 10.1. The van der Waals surface area contributed by atoms with Gasteiger partial charge in [0.05, 0.1) is 21.6 Å². The average Bonchev–Trinajstić information content (AvgIpc) is 3.32. The van der Waals surface area contributed by atoms with Crippen LogP contribution >= 0.6 is 0 Å². The first-order chi connectivity index (χ1) is 21.3. The van der Waals surface area contributed by atoms with Crippen LogP contribution in [0.2, 0.25) is 0 Å². The molecule has 2 aromatic rings. The number of nitrogens with zero attached hydrogens (tertiary/aromatic N) is 2. The largest absolute Gasteiger partial charge is 1.00 e. The maximum absolute atomic E-state index is 11.8. The number of allylic oxidation sites excluding steroid dienone is 6. The SMILES string of the molecule is CCN1/C(=C/C=C(C#CCCC(=O)O)/C=C/C2=[N+](CC)c3ccc(S(=O)(=O)[O-])cc3C2(C)C)C(C)(C)c2cc(S(=O)(=O)[O-])ccc21.[K+]. The minimum absolute atomic E-state index is 0. The number of anilines is 1. The Labute approximate surface area is 319 Å². The molecule has 0 fully saturated rings. The first-order valence-electron chi connectivity index (χ1n) is 14.8. The van der Waals surface area contributed by atoms with E-state index >= 15 is 0 Å². The third kappa shape index (κ3) is 8.09. The summed E-state index contributed by atoms with van der Waals surface area (Å²) in [5, 5.41) is 9.08. The van der Waals surface area contributed by atoms with Gasteiger partial charge in [-0.15, -0.1) is 0 Å². The summed E-state index contributed by atoms with van der Waals surface area (Å²) < 4.78 is 72.6. The summed E-state index contributed by atoms with van der Waals surface area (Å²) in [6.45, 7) is 12.9. The number of hydrogen-bond acceptors (Lipinski definition) is 8. The molecule has 4 rings (SSSR count). The summed E-state index contributed by atoms with van der Waals surface area (Å²) in [6, 6.07) is 8.76. The minimum atomic E-state index is -4.64. The number of rotatable bonds is 9. The molecular formula is C34H37KN2O8S2. The molecular weight excluding hydrogens is 668 g/mol. The van der Waals surface area contributed by atoms with E-state index in [9.17, 15) is 30.7 Å². The van der Waals surface area contributed by atoms with Gasteiger partial charge in [-0.25, -0.2) is 16.8 Å². The second-order valence-corrected chi connectivity index (χ2v) is 14.9. The Kier molecular flexibility index (Phi) is 12.1. The molecule has 0 unspecified atom stereocenters. The fourth-order valence-electron chi connectivity index (χ4n) is 6.11.